The van der Waals surface area contributed by atoms with Gasteiger partial charge in [-0.1, -0.05) is 23.1 Å². The van der Waals surface area contributed by atoms with Gasteiger partial charge in [-0.05, 0) is 39.2 Å². The zero-order valence-corrected chi connectivity index (χ0v) is 10.7. The van der Waals surface area contributed by atoms with Crippen LogP contribution in [0.15, 0.2) is 4.34 Å². The van der Waals surface area contributed by atoms with Gasteiger partial charge in [0, 0.05) is 11.8 Å². The molecule has 15 heavy (non-hydrogen) atoms. The van der Waals surface area contributed by atoms with E-state index in [1.165, 1.54) is 38.0 Å². The molecular formula is C10H17N3S2. The maximum absolute atomic E-state index is 4.09. The van der Waals surface area contributed by atoms with Crippen molar-refractivity contribution < 1.29 is 0 Å². The lowest BCUT2D eigenvalue weighted by molar-refractivity contribution is 0.640. The predicted octanol–water partition coefficient (Wildman–Crippen LogP) is 2.47. The van der Waals surface area contributed by atoms with Gasteiger partial charge in [-0.15, -0.1) is 10.2 Å². The second-order valence-electron chi connectivity index (χ2n) is 3.87. The highest BCUT2D eigenvalue weighted by molar-refractivity contribution is 8.01. The Morgan fingerprint density at radius 2 is 2.27 bits per heavy atom. The van der Waals surface area contributed by atoms with Gasteiger partial charge in [0.2, 0.25) is 0 Å². The summed E-state index contributed by atoms with van der Waals surface area (Å²) in [5.41, 5.74) is 0. The smallest absolute Gasteiger partial charge is 0.174 e. The lowest BCUT2D eigenvalue weighted by Gasteiger charge is -2.01. The highest BCUT2D eigenvalue weighted by atomic mass is 32.2. The molecule has 1 N–H and O–H groups in total. The first-order valence-corrected chi connectivity index (χ1v) is 7.31. The number of hydrogen-bond donors (Lipinski definition) is 1. The van der Waals surface area contributed by atoms with Crippen LogP contribution in [-0.4, -0.2) is 28.5 Å². The lowest BCUT2D eigenvalue weighted by atomic mass is 10.3. The van der Waals surface area contributed by atoms with E-state index in [4.69, 9.17) is 0 Å². The first kappa shape index (κ1) is 11.4. The molecule has 0 amide bonds. The van der Waals surface area contributed by atoms with E-state index in [2.05, 4.69) is 15.5 Å². The van der Waals surface area contributed by atoms with Gasteiger partial charge in [-0.3, -0.25) is 0 Å². The van der Waals surface area contributed by atoms with Crippen molar-refractivity contribution >= 4 is 23.1 Å². The molecule has 5 heteroatoms. The normalized spacial score (nSPS) is 15.8. The van der Waals surface area contributed by atoms with Crippen LogP contribution in [0.1, 0.15) is 30.7 Å². The number of thioether (sulfide) groups is 1. The Labute approximate surface area is 99.1 Å². The van der Waals surface area contributed by atoms with Gasteiger partial charge >= 0.3 is 0 Å². The lowest BCUT2D eigenvalue weighted by Crippen LogP contribution is -2.17. The van der Waals surface area contributed by atoms with Crippen molar-refractivity contribution in [2.75, 3.05) is 12.3 Å². The first-order valence-electron chi connectivity index (χ1n) is 5.51. The molecule has 1 aliphatic rings. The third kappa shape index (κ3) is 4.49. The van der Waals surface area contributed by atoms with Crippen LogP contribution < -0.4 is 5.32 Å². The monoisotopic (exact) mass is 243 g/mol. The number of hydrogen-bond acceptors (Lipinski definition) is 5. The van der Waals surface area contributed by atoms with Gasteiger partial charge in [0.25, 0.3) is 0 Å². The van der Waals surface area contributed by atoms with Crippen molar-refractivity contribution in [3.8, 4) is 0 Å². The summed E-state index contributed by atoms with van der Waals surface area (Å²) < 4.78 is 1.11. The third-order valence-electron chi connectivity index (χ3n) is 2.31. The summed E-state index contributed by atoms with van der Waals surface area (Å²) in [6.45, 7) is 3.18. The molecular weight excluding hydrogens is 226 g/mol. The Morgan fingerprint density at radius 3 is 2.93 bits per heavy atom. The fourth-order valence-electron chi connectivity index (χ4n) is 1.32. The minimum Gasteiger partial charge on any atom is -0.314 e. The molecule has 0 radical (unpaired) electrons. The third-order valence-corrected chi connectivity index (χ3v) is 4.37. The molecule has 1 aromatic heterocycles. The van der Waals surface area contributed by atoms with Crippen LogP contribution in [0.25, 0.3) is 0 Å². The van der Waals surface area contributed by atoms with E-state index in [9.17, 15) is 0 Å². The van der Waals surface area contributed by atoms with Crippen LogP contribution in [0.3, 0.4) is 0 Å². The zero-order valence-electron chi connectivity index (χ0n) is 9.03. The molecule has 1 fully saturated rings. The fraction of sp³-hybridized carbons (Fsp3) is 0.800. The average molecular weight is 243 g/mol. The minimum absolute atomic E-state index is 0.850. The van der Waals surface area contributed by atoms with Gasteiger partial charge in [0.05, 0.1) is 0 Å². The van der Waals surface area contributed by atoms with E-state index in [0.29, 0.717) is 0 Å². The summed E-state index contributed by atoms with van der Waals surface area (Å²) in [5, 5.41) is 12.7. The first-order chi connectivity index (χ1) is 7.34. The van der Waals surface area contributed by atoms with Crippen molar-refractivity contribution in [3.05, 3.63) is 5.01 Å². The number of rotatable bonds is 7. The van der Waals surface area contributed by atoms with Gasteiger partial charge < -0.3 is 5.32 Å². The van der Waals surface area contributed by atoms with Crippen LogP contribution >= 0.6 is 23.1 Å². The summed E-state index contributed by atoms with van der Waals surface area (Å²) in [4.78, 5) is 0. The molecule has 0 aliphatic heterocycles. The van der Waals surface area contributed by atoms with Gasteiger partial charge in [0.15, 0.2) is 4.34 Å². The molecule has 3 nitrogen and oxygen atoms in total. The number of nitrogens with one attached hydrogen (secondary N) is 1. The Hall–Kier alpha value is -0.130. The van der Waals surface area contributed by atoms with Gasteiger partial charge in [0.1, 0.15) is 5.01 Å². The average Bonchev–Trinajstić information content (AvgIpc) is 2.95. The predicted molar refractivity (Wildman–Crippen MR) is 65.6 cm³/mol. The number of unbranched alkanes of at least 4 members (excludes halogenated alkanes) is 1. The molecule has 0 bridgehead atoms. The van der Waals surface area contributed by atoms with E-state index < -0.39 is 0 Å². The van der Waals surface area contributed by atoms with E-state index in [1.807, 2.05) is 18.7 Å². The Morgan fingerprint density at radius 1 is 1.40 bits per heavy atom. The van der Waals surface area contributed by atoms with Crippen molar-refractivity contribution in [2.24, 2.45) is 0 Å². The molecule has 1 saturated carbocycles. The molecule has 1 aliphatic carbocycles. The second-order valence-corrected chi connectivity index (χ2v) is 6.39. The summed E-state index contributed by atoms with van der Waals surface area (Å²) in [5.74, 6) is 1.17. The molecule has 0 atom stereocenters. The quantitative estimate of drug-likeness (QED) is 0.590. The van der Waals surface area contributed by atoms with Crippen LogP contribution in [0.2, 0.25) is 0 Å². The molecule has 2 rings (SSSR count). The van der Waals surface area contributed by atoms with E-state index in [1.54, 1.807) is 11.3 Å². The summed E-state index contributed by atoms with van der Waals surface area (Å²) in [6.07, 6.45) is 5.32. The highest BCUT2D eigenvalue weighted by Crippen LogP contribution is 2.23. The molecule has 0 saturated heterocycles. The van der Waals surface area contributed by atoms with Crippen LogP contribution in [0, 0.1) is 6.92 Å². The number of aryl methyl sites for hydroxylation is 1. The summed E-state index contributed by atoms with van der Waals surface area (Å²) in [7, 11) is 0. The highest BCUT2D eigenvalue weighted by Gasteiger charge is 2.19. The van der Waals surface area contributed by atoms with Crippen molar-refractivity contribution in [1.29, 1.82) is 0 Å². The molecule has 0 aromatic carbocycles. The Kier molecular flexibility index (Phi) is 4.41. The van der Waals surface area contributed by atoms with Crippen molar-refractivity contribution in [3.63, 3.8) is 0 Å². The minimum atomic E-state index is 0.850. The van der Waals surface area contributed by atoms with Crippen LogP contribution in [-0.2, 0) is 0 Å². The molecule has 1 heterocycles. The molecule has 0 spiro atoms. The maximum Gasteiger partial charge on any atom is 0.174 e. The van der Waals surface area contributed by atoms with E-state index in [0.717, 1.165) is 15.4 Å². The molecule has 84 valence electrons. The van der Waals surface area contributed by atoms with E-state index in [-0.39, 0.29) is 0 Å². The molecule has 0 unspecified atom stereocenters. The van der Waals surface area contributed by atoms with Crippen molar-refractivity contribution in [1.82, 2.24) is 15.5 Å². The maximum atomic E-state index is 4.09. The molecule has 1 aromatic rings. The zero-order chi connectivity index (χ0) is 10.5. The standard InChI is InChI=1S/C10H17N3S2/c1-8-12-13-10(15-8)14-7-3-2-6-11-9-4-5-9/h9,11H,2-7H2,1H3. The van der Waals surface area contributed by atoms with E-state index >= 15 is 0 Å². The van der Waals surface area contributed by atoms with Crippen molar-refractivity contribution in [2.45, 2.75) is 43.0 Å². The van der Waals surface area contributed by atoms with Gasteiger partial charge in [-0.2, -0.15) is 0 Å². The Bertz CT molecular complexity index is 297. The van der Waals surface area contributed by atoms with Crippen LogP contribution in [0.4, 0.5) is 0 Å². The second kappa shape index (κ2) is 5.82. The van der Waals surface area contributed by atoms with Gasteiger partial charge in [-0.25, -0.2) is 0 Å². The SMILES string of the molecule is Cc1nnc(SCCCCNC2CC2)s1. The van der Waals surface area contributed by atoms with Crippen LogP contribution in [0.5, 0.6) is 0 Å². The topological polar surface area (TPSA) is 37.8 Å². The largest absolute Gasteiger partial charge is 0.314 e. The Balaban J connectivity index is 1.47. The summed E-state index contributed by atoms with van der Waals surface area (Å²) >= 11 is 3.52. The summed E-state index contributed by atoms with van der Waals surface area (Å²) in [6, 6.07) is 0.850. The fourth-order valence-corrected chi connectivity index (χ4v) is 3.20. The number of nitrogens with zero attached hydrogens (tertiary/aromatic N) is 2. The number of aromatic nitrogens is 2.